The van der Waals surface area contributed by atoms with E-state index in [4.69, 9.17) is 11.6 Å². The average molecular weight is 477 g/mol. The molecule has 0 aliphatic carbocycles. The summed E-state index contributed by atoms with van der Waals surface area (Å²) in [6.45, 7) is 0. The van der Waals surface area contributed by atoms with Crippen LogP contribution in [0, 0.1) is 11.6 Å². The molecule has 1 aliphatic heterocycles. The fraction of sp³-hybridized carbons (Fsp3) is 0.143. The van der Waals surface area contributed by atoms with Crippen LogP contribution in [-0.2, 0) is 15.3 Å². The van der Waals surface area contributed by atoms with E-state index in [1.165, 1.54) is 11.8 Å². The Morgan fingerprint density at radius 2 is 1.94 bits per heavy atom. The van der Waals surface area contributed by atoms with E-state index in [2.05, 4.69) is 20.6 Å². The first-order valence-corrected chi connectivity index (χ1v) is 10.7. The summed E-state index contributed by atoms with van der Waals surface area (Å²) in [5.41, 5.74) is 0.0691. The second-order valence-corrected chi connectivity index (χ2v) is 8.37. The van der Waals surface area contributed by atoms with Gasteiger partial charge in [-0.05, 0) is 29.8 Å². The van der Waals surface area contributed by atoms with Crippen LogP contribution in [0.4, 0.5) is 20.3 Å². The molecule has 1 aromatic heterocycles. The van der Waals surface area contributed by atoms with Crippen LogP contribution in [0.15, 0.2) is 52.4 Å². The van der Waals surface area contributed by atoms with Crippen molar-refractivity contribution in [2.75, 3.05) is 10.6 Å². The van der Waals surface area contributed by atoms with Crippen LogP contribution in [0.25, 0.3) is 0 Å². The summed E-state index contributed by atoms with van der Waals surface area (Å²) in [4.78, 5) is 44.5. The molecule has 1 atom stereocenters. The predicted molar refractivity (Wildman–Crippen MR) is 117 cm³/mol. The van der Waals surface area contributed by atoms with Gasteiger partial charge in [0.15, 0.2) is 5.16 Å². The lowest BCUT2D eigenvalue weighted by molar-refractivity contribution is -0.123. The van der Waals surface area contributed by atoms with Crippen LogP contribution < -0.4 is 16.2 Å². The van der Waals surface area contributed by atoms with Crippen LogP contribution in [0.2, 0.25) is 5.02 Å². The van der Waals surface area contributed by atoms with E-state index in [0.717, 1.165) is 17.7 Å². The van der Waals surface area contributed by atoms with Crippen LogP contribution in [0.1, 0.15) is 23.5 Å². The van der Waals surface area contributed by atoms with Crippen molar-refractivity contribution in [3.05, 3.63) is 80.6 Å². The number of amides is 2. The molecule has 0 saturated carbocycles. The van der Waals surface area contributed by atoms with Crippen molar-refractivity contribution in [3.63, 3.8) is 0 Å². The summed E-state index contributed by atoms with van der Waals surface area (Å²) in [5.74, 6) is -3.78. The van der Waals surface area contributed by atoms with Gasteiger partial charge in [0.1, 0.15) is 17.5 Å². The summed E-state index contributed by atoms with van der Waals surface area (Å²) in [7, 11) is 0. The molecule has 0 spiro atoms. The maximum absolute atomic E-state index is 13.9. The van der Waals surface area contributed by atoms with Gasteiger partial charge in [-0.25, -0.2) is 13.8 Å². The number of nitrogens with one attached hydrogen (secondary N) is 3. The molecule has 0 unspecified atom stereocenters. The molecule has 0 radical (unpaired) electrons. The minimum absolute atomic E-state index is 0.0247. The second kappa shape index (κ2) is 9.09. The molecule has 0 fully saturated rings. The zero-order valence-corrected chi connectivity index (χ0v) is 17.8. The third-order valence-corrected chi connectivity index (χ3v) is 5.92. The number of aromatic amines is 1. The summed E-state index contributed by atoms with van der Waals surface area (Å²) >= 11 is 7.11. The Bertz CT molecular complexity index is 1270. The van der Waals surface area contributed by atoms with Crippen LogP contribution >= 0.6 is 23.4 Å². The lowest BCUT2D eigenvalue weighted by atomic mass is 9.92. The SMILES string of the molecule is O=C1C[C@H](C(=O)Nc2ccc(F)cc2F)c2c(nc(SCc3ccc(Cl)cc3)[nH]c2=O)N1. The standard InChI is InChI=1S/C21H15ClF2N4O3S/c22-11-3-1-10(2-4-11)9-32-21-27-18-17(20(31)28-21)13(8-16(29)26-18)19(30)25-15-6-5-12(23)7-14(15)24/h1-7,13H,8-9H2,(H,25,30)(H2,26,27,28,29,31)/t13-/m0/s1. The molecule has 0 saturated heterocycles. The summed E-state index contributed by atoms with van der Waals surface area (Å²) in [6, 6.07) is 9.83. The van der Waals surface area contributed by atoms with Crippen molar-refractivity contribution in [3.8, 4) is 0 Å². The number of hydrogen-bond acceptors (Lipinski definition) is 5. The average Bonchev–Trinajstić information content (AvgIpc) is 2.74. The first kappa shape index (κ1) is 22.0. The third kappa shape index (κ3) is 4.81. The van der Waals surface area contributed by atoms with Gasteiger partial charge >= 0.3 is 0 Å². The van der Waals surface area contributed by atoms with Crippen LogP contribution in [-0.4, -0.2) is 21.8 Å². The quantitative estimate of drug-likeness (QED) is 0.380. The minimum atomic E-state index is -1.19. The fourth-order valence-electron chi connectivity index (χ4n) is 3.19. The first-order valence-electron chi connectivity index (χ1n) is 9.37. The number of aromatic nitrogens is 2. The van der Waals surface area contributed by atoms with E-state index in [1.54, 1.807) is 12.1 Å². The Morgan fingerprint density at radius 3 is 2.66 bits per heavy atom. The number of carbonyl (C=O) groups excluding carboxylic acids is 2. The molecule has 2 aromatic carbocycles. The topological polar surface area (TPSA) is 104 Å². The second-order valence-electron chi connectivity index (χ2n) is 6.97. The Hall–Kier alpha value is -3.24. The highest BCUT2D eigenvalue weighted by Crippen LogP contribution is 2.31. The minimum Gasteiger partial charge on any atom is -0.323 e. The first-order chi connectivity index (χ1) is 15.3. The van der Waals surface area contributed by atoms with Crippen molar-refractivity contribution >= 4 is 46.7 Å². The molecule has 32 heavy (non-hydrogen) atoms. The highest BCUT2D eigenvalue weighted by molar-refractivity contribution is 7.98. The molecule has 3 N–H and O–H groups in total. The van der Waals surface area contributed by atoms with E-state index in [1.807, 2.05) is 12.1 Å². The fourth-order valence-corrected chi connectivity index (χ4v) is 4.13. The summed E-state index contributed by atoms with van der Waals surface area (Å²) in [5, 5.41) is 5.68. The Morgan fingerprint density at radius 1 is 1.19 bits per heavy atom. The van der Waals surface area contributed by atoms with Crippen LogP contribution in [0.3, 0.4) is 0 Å². The number of hydrogen-bond donors (Lipinski definition) is 3. The largest absolute Gasteiger partial charge is 0.323 e. The van der Waals surface area contributed by atoms with E-state index < -0.39 is 34.9 Å². The third-order valence-electron chi connectivity index (χ3n) is 4.72. The molecule has 1 aliphatic rings. The molecule has 11 heteroatoms. The zero-order chi connectivity index (χ0) is 22.8. The molecule has 4 rings (SSSR count). The van der Waals surface area contributed by atoms with Gasteiger partial charge in [0, 0.05) is 23.3 Å². The Balaban J connectivity index is 1.57. The lowest BCUT2D eigenvalue weighted by Gasteiger charge is -2.23. The maximum atomic E-state index is 13.9. The number of rotatable bonds is 5. The van der Waals surface area contributed by atoms with Gasteiger partial charge in [-0.15, -0.1) is 0 Å². The summed E-state index contributed by atoms with van der Waals surface area (Å²) < 4.78 is 27.0. The molecular weight excluding hydrogens is 462 g/mol. The Kier molecular flexibility index (Phi) is 6.24. The summed E-state index contributed by atoms with van der Waals surface area (Å²) in [6.07, 6.45) is -0.316. The van der Waals surface area contributed by atoms with Crippen LogP contribution in [0.5, 0.6) is 0 Å². The molecule has 0 bridgehead atoms. The molecular formula is C21H15ClF2N4O3S. The van der Waals surface area contributed by atoms with E-state index >= 15 is 0 Å². The monoisotopic (exact) mass is 476 g/mol. The number of thioether (sulfide) groups is 1. The molecule has 3 aromatic rings. The van der Waals surface area contributed by atoms with Gasteiger partial charge < -0.3 is 15.6 Å². The number of H-pyrrole nitrogens is 1. The van der Waals surface area contributed by atoms with Gasteiger partial charge in [-0.2, -0.15) is 0 Å². The maximum Gasteiger partial charge on any atom is 0.257 e. The van der Waals surface area contributed by atoms with E-state index in [0.29, 0.717) is 16.8 Å². The van der Waals surface area contributed by atoms with Gasteiger partial charge in [0.05, 0.1) is 17.2 Å². The Labute approximate surface area is 189 Å². The number of nitrogens with zero attached hydrogens (tertiary/aromatic N) is 1. The zero-order valence-electron chi connectivity index (χ0n) is 16.2. The smallest absolute Gasteiger partial charge is 0.257 e. The number of halogens is 3. The highest BCUT2D eigenvalue weighted by Gasteiger charge is 2.35. The van der Waals surface area contributed by atoms with Crippen molar-refractivity contribution in [2.45, 2.75) is 23.2 Å². The van der Waals surface area contributed by atoms with Gasteiger partial charge in [-0.1, -0.05) is 35.5 Å². The van der Waals surface area contributed by atoms with E-state index in [9.17, 15) is 23.2 Å². The van der Waals surface area contributed by atoms with Crippen molar-refractivity contribution < 1.29 is 18.4 Å². The van der Waals surface area contributed by atoms with Crippen molar-refractivity contribution in [1.29, 1.82) is 0 Å². The molecule has 164 valence electrons. The van der Waals surface area contributed by atoms with Gasteiger partial charge in [0.25, 0.3) is 5.56 Å². The number of fused-ring (bicyclic) bond motifs is 1. The van der Waals surface area contributed by atoms with Gasteiger partial charge in [0.2, 0.25) is 11.8 Å². The highest BCUT2D eigenvalue weighted by atomic mass is 35.5. The number of anilines is 2. The molecule has 7 nitrogen and oxygen atoms in total. The molecule has 2 heterocycles. The van der Waals surface area contributed by atoms with E-state index in [-0.39, 0.29) is 28.6 Å². The lowest BCUT2D eigenvalue weighted by Crippen LogP contribution is -2.36. The molecule has 2 amide bonds. The normalized spacial score (nSPS) is 15.1. The number of carbonyl (C=O) groups is 2. The predicted octanol–water partition coefficient (Wildman–Crippen LogP) is 4.06. The van der Waals surface area contributed by atoms with Crippen molar-refractivity contribution in [2.24, 2.45) is 0 Å². The van der Waals surface area contributed by atoms with Crippen molar-refractivity contribution in [1.82, 2.24) is 9.97 Å². The number of benzene rings is 2. The van der Waals surface area contributed by atoms with Gasteiger partial charge in [-0.3, -0.25) is 14.4 Å².